The molecule has 2 bridgehead atoms. The Morgan fingerprint density at radius 3 is 2.63 bits per heavy atom. The number of benzene rings is 2. The monoisotopic (exact) mass is 250 g/mol. The topological polar surface area (TPSA) is 38.0 Å². The summed E-state index contributed by atoms with van der Waals surface area (Å²) in [7, 11) is 0. The van der Waals surface area contributed by atoms with Crippen molar-refractivity contribution < 1.29 is 0 Å². The first-order valence-corrected chi connectivity index (χ1v) is 7.01. The third kappa shape index (κ3) is 1.38. The SMILES string of the molecule is NCC[C@]12N[C@H](Cc3ccccc31)c1ccccc12. The van der Waals surface area contributed by atoms with Crippen LogP contribution in [0, 0.1) is 0 Å². The van der Waals surface area contributed by atoms with Crippen LogP contribution in [0.5, 0.6) is 0 Å². The van der Waals surface area contributed by atoms with Gasteiger partial charge in [0.15, 0.2) is 0 Å². The highest BCUT2D eigenvalue weighted by molar-refractivity contribution is 5.54. The van der Waals surface area contributed by atoms with Gasteiger partial charge >= 0.3 is 0 Å². The molecule has 0 fully saturated rings. The molecular formula is C17H18N2. The van der Waals surface area contributed by atoms with Crippen LogP contribution in [0.25, 0.3) is 0 Å². The van der Waals surface area contributed by atoms with E-state index in [1.807, 2.05) is 0 Å². The van der Waals surface area contributed by atoms with Crippen molar-refractivity contribution in [1.82, 2.24) is 5.32 Å². The van der Waals surface area contributed by atoms with E-state index in [4.69, 9.17) is 5.73 Å². The largest absolute Gasteiger partial charge is 0.330 e. The molecule has 0 aromatic heterocycles. The molecule has 19 heavy (non-hydrogen) atoms. The number of nitrogens with one attached hydrogen (secondary N) is 1. The van der Waals surface area contributed by atoms with E-state index in [-0.39, 0.29) is 5.54 Å². The Morgan fingerprint density at radius 1 is 1.05 bits per heavy atom. The smallest absolute Gasteiger partial charge is 0.0713 e. The predicted octanol–water partition coefficient (Wildman–Crippen LogP) is 2.48. The molecule has 2 aliphatic rings. The maximum Gasteiger partial charge on any atom is 0.0713 e. The van der Waals surface area contributed by atoms with Gasteiger partial charge in [0.2, 0.25) is 0 Å². The van der Waals surface area contributed by atoms with Gasteiger partial charge in [0.25, 0.3) is 0 Å². The molecule has 2 aliphatic heterocycles. The van der Waals surface area contributed by atoms with E-state index >= 15 is 0 Å². The zero-order chi connectivity index (χ0) is 12.9. The molecule has 3 N–H and O–H groups in total. The molecule has 0 spiro atoms. The molecule has 2 aromatic carbocycles. The number of fused-ring (bicyclic) bond motifs is 7. The fourth-order valence-electron chi connectivity index (χ4n) is 3.92. The summed E-state index contributed by atoms with van der Waals surface area (Å²) in [6.45, 7) is 0.697. The van der Waals surface area contributed by atoms with Gasteiger partial charge in [-0.15, -0.1) is 0 Å². The van der Waals surface area contributed by atoms with E-state index in [2.05, 4.69) is 53.8 Å². The molecule has 2 atom stereocenters. The first-order valence-electron chi connectivity index (χ1n) is 7.01. The van der Waals surface area contributed by atoms with E-state index in [0.717, 1.165) is 12.8 Å². The average Bonchev–Trinajstić information content (AvgIpc) is 2.71. The summed E-state index contributed by atoms with van der Waals surface area (Å²) in [4.78, 5) is 0. The molecule has 0 amide bonds. The van der Waals surface area contributed by atoms with Gasteiger partial charge in [0.05, 0.1) is 5.54 Å². The summed E-state index contributed by atoms with van der Waals surface area (Å²) in [5.74, 6) is 0. The minimum Gasteiger partial charge on any atom is -0.330 e. The molecule has 96 valence electrons. The Balaban J connectivity index is 2.01. The van der Waals surface area contributed by atoms with Crippen molar-refractivity contribution >= 4 is 0 Å². The Bertz CT molecular complexity index is 622. The molecule has 0 saturated heterocycles. The van der Waals surface area contributed by atoms with Gasteiger partial charge < -0.3 is 5.73 Å². The Labute approximate surface area is 113 Å². The zero-order valence-corrected chi connectivity index (χ0v) is 10.9. The minimum atomic E-state index is -0.0646. The highest BCUT2D eigenvalue weighted by Crippen LogP contribution is 2.49. The summed E-state index contributed by atoms with van der Waals surface area (Å²) in [5.41, 5.74) is 11.6. The Hall–Kier alpha value is -1.64. The molecule has 2 nitrogen and oxygen atoms in total. The van der Waals surface area contributed by atoms with E-state index < -0.39 is 0 Å². The van der Waals surface area contributed by atoms with Crippen molar-refractivity contribution in [2.45, 2.75) is 24.4 Å². The predicted molar refractivity (Wildman–Crippen MR) is 76.9 cm³/mol. The zero-order valence-electron chi connectivity index (χ0n) is 10.9. The normalized spacial score (nSPS) is 26.9. The van der Waals surface area contributed by atoms with Crippen LogP contribution in [0.3, 0.4) is 0 Å². The van der Waals surface area contributed by atoms with Crippen molar-refractivity contribution in [3.8, 4) is 0 Å². The summed E-state index contributed by atoms with van der Waals surface area (Å²) < 4.78 is 0. The van der Waals surface area contributed by atoms with Crippen LogP contribution >= 0.6 is 0 Å². The Morgan fingerprint density at radius 2 is 1.79 bits per heavy atom. The minimum absolute atomic E-state index is 0.0646. The maximum absolute atomic E-state index is 5.91. The summed E-state index contributed by atoms with van der Waals surface area (Å²) >= 11 is 0. The van der Waals surface area contributed by atoms with E-state index in [1.54, 1.807) is 0 Å². The molecule has 2 aromatic rings. The fraction of sp³-hybridized carbons (Fsp3) is 0.294. The summed E-state index contributed by atoms with van der Waals surface area (Å²) in [6.07, 6.45) is 2.04. The van der Waals surface area contributed by atoms with Gasteiger partial charge in [-0.3, -0.25) is 5.32 Å². The van der Waals surface area contributed by atoms with Crippen LogP contribution in [0.15, 0.2) is 48.5 Å². The van der Waals surface area contributed by atoms with Gasteiger partial charge in [0, 0.05) is 6.04 Å². The van der Waals surface area contributed by atoms with Crippen molar-refractivity contribution in [1.29, 1.82) is 0 Å². The van der Waals surface area contributed by atoms with E-state index in [0.29, 0.717) is 12.6 Å². The first kappa shape index (κ1) is 11.2. The van der Waals surface area contributed by atoms with Crippen LogP contribution in [0.1, 0.15) is 34.7 Å². The summed E-state index contributed by atoms with van der Waals surface area (Å²) in [6, 6.07) is 18.1. The van der Waals surface area contributed by atoms with Crippen LogP contribution in [-0.4, -0.2) is 6.54 Å². The molecule has 4 rings (SSSR count). The summed E-state index contributed by atoms with van der Waals surface area (Å²) in [5, 5.41) is 3.85. The van der Waals surface area contributed by atoms with Gasteiger partial charge in [-0.1, -0.05) is 48.5 Å². The quantitative estimate of drug-likeness (QED) is 0.859. The van der Waals surface area contributed by atoms with E-state index in [9.17, 15) is 0 Å². The molecular weight excluding hydrogens is 232 g/mol. The number of rotatable bonds is 2. The van der Waals surface area contributed by atoms with Crippen LogP contribution < -0.4 is 11.1 Å². The van der Waals surface area contributed by atoms with Gasteiger partial charge in [0.1, 0.15) is 0 Å². The molecule has 2 heteroatoms. The highest BCUT2D eigenvalue weighted by atomic mass is 15.1. The van der Waals surface area contributed by atoms with Crippen molar-refractivity contribution in [3.63, 3.8) is 0 Å². The van der Waals surface area contributed by atoms with Gasteiger partial charge in [-0.2, -0.15) is 0 Å². The number of hydrogen-bond donors (Lipinski definition) is 2. The van der Waals surface area contributed by atoms with Crippen molar-refractivity contribution in [2.75, 3.05) is 6.54 Å². The lowest BCUT2D eigenvalue weighted by atomic mass is 9.78. The maximum atomic E-state index is 5.91. The molecule has 0 radical (unpaired) electrons. The fourth-order valence-corrected chi connectivity index (χ4v) is 3.92. The van der Waals surface area contributed by atoms with Crippen molar-refractivity contribution in [3.05, 3.63) is 70.8 Å². The highest BCUT2D eigenvalue weighted by Gasteiger charge is 2.47. The van der Waals surface area contributed by atoms with Crippen LogP contribution in [0.2, 0.25) is 0 Å². The molecule has 0 unspecified atom stereocenters. The third-order valence-corrected chi connectivity index (χ3v) is 4.64. The van der Waals surface area contributed by atoms with Gasteiger partial charge in [-0.25, -0.2) is 0 Å². The second kappa shape index (κ2) is 3.92. The third-order valence-electron chi connectivity index (χ3n) is 4.64. The average molecular weight is 250 g/mol. The van der Waals surface area contributed by atoms with E-state index in [1.165, 1.54) is 22.3 Å². The van der Waals surface area contributed by atoms with Crippen molar-refractivity contribution in [2.24, 2.45) is 5.73 Å². The molecule has 0 saturated carbocycles. The molecule has 2 heterocycles. The van der Waals surface area contributed by atoms with Crippen LogP contribution in [-0.2, 0) is 12.0 Å². The first-order chi connectivity index (χ1) is 9.35. The second-order valence-electron chi connectivity index (χ2n) is 5.59. The lowest BCUT2D eigenvalue weighted by Gasteiger charge is -2.37. The lowest BCUT2D eigenvalue weighted by molar-refractivity contribution is 0.342. The molecule has 0 aliphatic carbocycles. The number of hydrogen-bond acceptors (Lipinski definition) is 2. The van der Waals surface area contributed by atoms with Crippen LogP contribution in [0.4, 0.5) is 0 Å². The standard InChI is InChI=1S/C17H18N2/c18-10-9-17-14-7-3-1-5-12(14)11-16(19-17)13-6-2-4-8-15(13)17/h1-8,16,19H,9-11,18H2/t16-,17+/m1/s1. The number of nitrogens with two attached hydrogens (primary N) is 1. The van der Waals surface area contributed by atoms with Gasteiger partial charge in [-0.05, 0) is 41.6 Å². The second-order valence-corrected chi connectivity index (χ2v) is 5.59. The Kier molecular flexibility index (Phi) is 2.32. The lowest BCUT2D eigenvalue weighted by Crippen LogP contribution is -2.45.